The maximum Gasteiger partial charge on any atom is 0.233 e. The molecule has 1 saturated heterocycles. The van der Waals surface area contributed by atoms with E-state index in [2.05, 4.69) is 22.1 Å². The van der Waals surface area contributed by atoms with Crippen LogP contribution in [0.4, 0.5) is 0 Å². The summed E-state index contributed by atoms with van der Waals surface area (Å²) in [6, 6.07) is 4.32. The van der Waals surface area contributed by atoms with Gasteiger partial charge in [0.15, 0.2) is 0 Å². The van der Waals surface area contributed by atoms with Crippen LogP contribution in [0.15, 0.2) is 29.4 Å². The van der Waals surface area contributed by atoms with Crippen LogP contribution in [-0.2, 0) is 4.79 Å². The Bertz CT molecular complexity index is 413. The van der Waals surface area contributed by atoms with E-state index in [0.717, 1.165) is 43.8 Å². The smallest absolute Gasteiger partial charge is 0.233 e. The highest BCUT2D eigenvalue weighted by molar-refractivity contribution is 8.00. The van der Waals surface area contributed by atoms with Crippen molar-refractivity contribution in [3.63, 3.8) is 0 Å². The Morgan fingerprint density at radius 2 is 2.05 bits per heavy atom. The molecule has 2 heterocycles. The van der Waals surface area contributed by atoms with Crippen LogP contribution in [0, 0.1) is 0 Å². The summed E-state index contributed by atoms with van der Waals surface area (Å²) < 4.78 is 0. The molecule has 0 radical (unpaired) electrons. The second-order valence-corrected chi connectivity index (χ2v) is 6.09. The molecular formula is C15H24ClN3OS. The molecule has 118 valence electrons. The molecule has 1 amide bonds. The Kier molecular flexibility index (Phi) is 8.73. The van der Waals surface area contributed by atoms with E-state index in [4.69, 9.17) is 0 Å². The zero-order valence-electron chi connectivity index (χ0n) is 12.5. The summed E-state index contributed by atoms with van der Waals surface area (Å²) in [5, 5.41) is 3.36. The van der Waals surface area contributed by atoms with E-state index in [1.165, 1.54) is 0 Å². The second kappa shape index (κ2) is 10.0. The summed E-state index contributed by atoms with van der Waals surface area (Å²) >= 11 is 1.60. The van der Waals surface area contributed by atoms with Gasteiger partial charge in [-0.25, -0.2) is 0 Å². The quantitative estimate of drug-likeness (QED) is 0.815. The fourth-order valence-corrected chi connectivity index (χ4v) is 3.30. The molecule has 1 fully saturated rings. The zero-order valence-corrected chi connectivity index (χ0v) is 14.1. The van der Waals surface area contributed by atoms with Crippen LogP contribution >= 0.6 is 24.2 Å². The van der Waals surface area contributed by atoms with E-state index < -0.39 is 0 Å². The molecule has 1 aromatic rings. The summed E-state index contributed by atoms with van der Waals surface area (Å²) in [6.07, 6.45) is 6.71. The molecule has 21 heavy (non-hydrogen) atoms. The number of aromatic nitrogens is 1. The van der Waals surface area contributed by atoms with Crippen molar-refractivity contribution in [1.29, 1.82) is 0 Å². The zero-order chi connectivity index (χ0) is 14.2. The van der Waals surface area contributed by atoms with Crippen LogP contribution in [0.25, 0.3) is 0 Å². The molecule has 0 aromatic carbocycles. The van der Waals surface area contributed by atoms with Crippen LogP contribution in [0.5, 0.6) is 0 Å². The molecule has 0 spiro atoms. The van der Waals surface area contributed by atoms with Crippen LogP contribution < -0.4 is 5.32 Å². The molecule has 0 saturated carbocycles. The number of halogens is 1. The molecule has 0 atom stereocenters. The van der Waals surface area contributed by atoms with E-state index in [-0.39, 0.29) is 18.3 Å². The minimum atomic E-state index is 0. The summed E-state index contributed by atoms with van der Waals surface area (Å²) in [6.45, 7) is 5.06. The minimum Gasteiger partial charge on any atom is -0.339 e. The number of carbonyl (C=O) groups excluding carboxylic acids is 1. The fourth-order valence-electron chi connectivity index (χ4n) is 2.53. The number of hydrogen-bond acceptors (Lipinski definition) is 4. The third-order valence-electron chi connectivity index (χ3n) is 3.55. The van der Waals surface area contributed by atoms with Gasteiger partial charge in [0.25, 0.3) is 0 Å². The van der Waals surface area contributed by atoms with E-state index in [1.54, 1.807) is 24.2 Å². The fraction of sp³-hybridized carbons (Fsp3) is 0.600. The topological polar surface area (TPSA) is 45.2 Å². The highest BCUT2D eigenvalue weighted by Gasteiger charge is 2.24. The van der Waals surface area contributed by atoms with Crippen molar-refractivity contribution >= 4 is 30.1 Å². The maximum absolute atomic E-state index is 12.5. The van der Waals surface area contributed by atoms with Gasteiger partial charge in [0.05, 0.1) is 5.75 Å². The number of hydrogen-bond donors (Lipinski definition) is 1. The Balaban J connectivity index is 0.00000220. The predicted molar refractivity (Wildman–Crippen MR) is 90.1 cm³/mol. The molecule has 1 N–H and O–H groups in total. The van der Waals surface area contributed by atoms with Crippen molar-refractivity contribution < 1.29 is 4.79 Å². The predicted octanol–water partition coefficient (Wildman–Crippen LogP) is 2.59. The molecule has 0 bridgehead atoms. The first-order valence-corrected chi connectivity index (χ1v) is 8.33. The van der Waals surface area contributed by atoms with Gasteiger partial charge in [-0.3, -0.25) is 9.78 Å². The standard InChI is InChI=1S/C15H23N3OS.ClH/c1-2-11-18(13-3-7-16-8-4-13)15(19)12-20-14-5-9-17-10-6-14;/h5-6,9-10,13,16H,2-4,7-8,11-12H2,1H3;1H. The number of pyridine rings is 1. The number of rotatable bonds is 6. The van der Waals surface area contributed by atoms with Gasteiger partial charge < -0.3 is 10.2 Å². The van der Waals surface area contributed by atoms with Crippen molar-refractivity contribution in [2.75, 3.05) is 25.4 Å². The first kappa shape index (κ1) is 18.3. The van der Waals surface area contributed by atoms with Gasteiger partial charge in [-0.2, -0.15) is 0 Å². The maximum atomic E-state index is 12.5. The van der Waals surface area contributed by atoms with Crippen molar-refractivity contribution in [1.82, 2.24) is 15.2 Å². The second-order valence-electron chi connectivity index (χ2n) is 5.04. The molecular weight excluding hydrogens is 306 g/mol. The summed E-state index contributed by atoms with van der Waals surface area (Å²) in [4.78, 5) is 19.7. The molecule has 6 heteroatoms. The number of piperidine rings is 1. The number of nitrogens with one attached hydrogen (secondary N) is 1. The number of nitrogens with zero attached hydrogens (tertiary/aromatic N) is 2. The van der Waals surface area contributed by atoms with E-state index >= 15 is 0 Å². The van der Waals surface area contributed by atoms with E-state index in [9.17, 15) is 4.79 Å². The number of carbonyl (C=O) groups is 1. The largest absolute Gasteiger partial charge is 0.339 e. The molecule has 1 aromatic heterocycles. The lowest BCUT2D eigenvalue weighted by Crippen LogP contribution is -2.47. The van der Waals surface area contributed by atoms with Gasteiger partial charge in [-0.05, 0) is 44.5 Å². The minimum absolute atomic E-state index is 0. The third-order valence-corrected chi connectivity index (χ3v) is 4.54. The summed E-state index contributed by atoms with van der Waals surface area (Å²) in [7, 11) is 0. The molecule has 4 nitrogen and oxygen atoms in total. The van der Waals surface area contributed by atoms with Crippen molar-refractivity contribution in [3.05, 3.63) is 24.5 Å². The number of thioether (sulfide) groups is 1. The van der Waals surface area contributed by atoms with Gasteiger partial charge in [0.2, 0.25) is 5.91 Å². The first-order valence-electron chi connectivity index (χ1n) is 7.34. The van der Waals surface area contributed by atoms with E-state index in [1.807, 2.05) is 12.1 Å². The van der Waals surface area contributed by atoms with Crippen LogP contribution in [0.3, 0.4) is 0 Å². The normalized spacial score (nSPS) is 15.3. The Morgan fingerprint density at radius 1 is 1.38 bits per heavy atom. The Hall–Kier alpha value is -0.780. The van der Waals surface area contributed by atoms with Crippen LogP contribution in [0.1, 0.15) is 26.2 Å². The molecule has 2 rings (SSSR count). The third kappa shape index (κ3) is 5.85. The molecule has 1 aliphatic rings. The van der Waals surface area contributed by atoms with Crippen LogP contribution in [-0.4, -0.2) is 47.2 Å². The van der Waals surface area contributed by atoms with Crippen molar-refractivity contribution in [2.24, 2.45) is 0 Å². The first-order chi connectivity index (χ1) is 9.81. The van der Waals surface area contributed by atoms with Crippen LogP contribution in [0.2, 0.25) is 0 Å². The van der Waals surface area contributed by atoms with Gasteiger partial charge in [-0.1, -0.05) is 6.92 Å². The summed E-state index contributed by atoms with van der Waals surface area (Å²) in [5.74, 6) is 0.786. The Labute approximate surface area is 137 Å². The van der Waals surface area contributed by atoms with Gasteiger partial charge >= 0.3 is 0 Å². The SMILES string of the molecule is CCCN(C(=O)CSc1ccncc1)C1CCNCC1.Cl. The monoisotopic (exact) mass is 329 g/mol. The highest BCUT2D eigenvalue weighted by Crippen LogP contribution is 2.19. The lowest BCUT2D eigenvalue weighted by Gasteiger charge is -2.34. The molecule has 0 aliphatic carbocycles. The number of amides is 1. The van der Waals surface area contributed by atoms with Gasteiger partial charge in [0.1, 0.15) is 0 Å². The molecule has 0 unspecified atom stereocenters. The molecule has 1 aliphatic heterocycles. The van der Waals surface area contributed by atoms with Crippen molar-refractivity contribution in [3.8, 4) is 0 Å². The average Bonchev–Trinajstić information content (AvgIpc) is 2.52. The van der Waals surface area contributed by atoms with Gasteiger partial charge in [0, 0.05) is 29.9 Å². The average molecular weight is 330 g/mol. The summed E-state index contributed by atoms with van der Waals surface area (Å²) in [5.41, 5.74) is 0. The van der Waals surface area contributed by atoms with Gasteiger partial charge in [-0.15, -0.1) is 24.2 Å². The lowest BCUT2D eigenvalue weighted by atomic mass is 10.0. The Morgan fingerprint density at radius 3 is 2.67 bits per heavy atom. The van der Waals surface area contributed by atoms with Crippen molar-refractivity contribution in [2.45, 2.75) is 37.1 Å². The van der Waals surface area contributed by atoms with E-state index in [0.29, 0.717) is 11.8 Å². The highest BCUT2D eigenvalue weighted by atomic mass is 35.5. The lowest BCUT2D eigenvalue weighted by molar-refractivity contribution is -0.131.